The molecule has 0 unspecified atom stereocenters. The molecule has 7 nitrogen and oxygen atoms in total. The lowest BCUT2D eigenvalue weighted by atomic mass is 9.94. The lowest BCUT2D eigenvalue weighted by Gasteiger charge is -2.31. The molecular formula is C17H24N4O3. The van der Waals surface area contributed by atoms with Gasteiger partial charge in [0.2, 0.25) is 0 Å². The molecule has 7 heteroatoms. The van der Waals surface area contributed by atoms with Crippen molar-refractivity contribution in [3.8, 4) is 0 Å². The lowest BCUT2D eigenvalue weighted by molar-refractivity contribution is 0.0697. The predicted octanol–water partition coefficient (Wildman–Crippen LogP) is 1.79. The van der Waals surface area contributed by atoms with Crippen LogP contribution in [0.25, 0.3) is 11.0 Å². The van der Waals surface area contributed by atoms with E-state index in [4.69, 9.17) is 4.74 Å². The third-order valence-corrected chi connectivity index (χ3v) is 4.71. The topological polar surface area (TPSA) is 88.4 Å². The van der Waals surface area contributed by atoms with Gasteiger partial charge in [0, 0.05) is 44.0 Å². The third kappa shape index (κ3) is 3.22. The second kappa shape index (κ2) is 7.19. The fourth-order valence-corrected chi connectivity index (χ4v) is 3.19. The zero-order valence-electron chi connectivity index (χ0n) is 14.1. The summed E-state index contributed by atoms with van der Waals surface area (Å²) in [4.78, 5) is 16.0. The van der Waals surface area contributed by atoms with Crippen molar-refractivity contribution >= 4 is 22.7 Å². The number of nitrogens with zero attached hydrogens (tertiary/aromatic N) is 2. The first-order valence-corrected chi connectivity index (χ1v) is 8.29. The molecule has 3 heterocycles. The van der Waals surface area contributed by atoms with E-state index in [0.29, 0.717) is 24.8 Å². The zero-order chi connectivity index (χ0) is 17.1. The van der Waals surface area contributed by atoms with Crippen LogP contribution >= 0.6 is 0 Å². The number of carboxylic acids is 1. The molecule has 0 saturated carbocycles. The third-order valence-electron chi connectivity index (χ3n) is 4.71. The zero-order valence-corrected chi connectivity index (χ0v) is 14.1. The molecular weight excluding hydrogens is 308 g/mol. The maximum absolute atomic E-state index is 11.6. The Morgan fingerprint density at radius 1 is 1.58 bits per heavy atom. The number of ether oxygens (including phenoxy) is 1. The average molecular weight is 332 g/mol. The summed E-state index contributed by atoms with van der Waals surface area (Å²) >= 11 is 0. The van der Waals surface area contributed by atoms with Gasteiger partial charge in [0.05, 0.1) is 12.3 Å². The Hall–Kier alpha value is -2.12. The molecule has 0 radical (unpaired) electrons. The van der Waals surface area contributed by atoms with Gasteiger partial charge in [0.15, 0.2) is 0 Å². The van der Waals surface area contributed by atoms with Gasteiger partial charge in [0.25, 0.3) is 0 Å². The first-order valence-electron chi connectivity index (χ1n) is 8.29. The van der Waals surface area contributed by atoms with Crippen LogP contribution in [-0.2, 0) is 11.3 Å². The largest absolute Gasteiger partial charge is 0.478 e. The Morgan fingerprint density at radius 2 is 2.42 bits per heavy atom. The number of carboxylic acid groups (broad SMARTS) is 1. The molecule has 0 aromatic carbocycles. The first-order chi connectivity index (χ1) is 11.6. The summed E-state index contributed by atoms with van der Waals surface area (Å²) in [6.07, 6.45) is 4.44. The standard InChI is InChI=1S/C17H24N4O3/c1-11-3-5-18-10-14(11)20-15-12-4-6-21(7-8-24-2)16(12)19-9-13(15)17(22)23/h4,6,9,11,14,18H,3,5,7-8,10H2,1-2H3,(H,19,20)(H,22,23)/t11-,14+/m1/s1. The summed E-state index contributed by atoms with van der Waals surface area (Å²) in [6.45, 7) is 5.29. The number of aromatic nitrogens is 2. The van der Waals surface area contributed by atoms with Gasteiger partial charge in [-0.2, -0.15) is 0 Å². The maximum Gasteiger partial charge on any atom is 0.339 e. The smallest absolute Gasteiger partial charge is 0.339 e. The number of rotatable bonds is 6. The second-order valence-corrected chi connectivity index (χ2v) is 6.31. The summed E-state index contributed by atoms with van der Waals surface area (Å²) in [5.74, 6) is -0.486. The Labute approximate surface area is 141 Å². The van der Waals surface area contributed by atoms with Gasteiger partial charge in [-0.3, -0.25) is 0 Å². The minimum atomic E-state index is -0.965. The molecule has 24 heavy (non-hydrogen) atoms. The van der Waals surface area contributed by atoms with Gasteiger partial charge in [-0.15, -0.1) is 0 Å². The van der Waals surface area contributed by atoms with E-state index < -0.39 is 5.97 Å². The first kappa shape index (κ1) is 16.7. The van der Waals surface area contributed by atoms with Crippen LogP contribution in [0.3, 0.4) is 0 Å². The summed E-state index contributed by atoms with van der Waals surface area (Å²) < 4.78 is 7.11. The number of hydrogen-bond donors (Lipinski definition) is 3. The van der Waals surface area contributed by atoms with Crippen molar-refractivity contribution in [2.75, 3.05) is 32.1 Å². The second-order valence-electron chi connectivity index (χ2n) is 6.31. The number of anilines is 1. The SMILES string of the molecule is COCCn1ccc2c(N[C@H]3CNCC[C@H]3C)c(C(=O)O)cnc21. The van der Waals surface area contributed by atoms with E-state index in [0.717, 1.165) is 30.5 Å². The van der Waals surface area contributed by atoms with Crippen molar-refractivity contribution in [2.45, 2.75) is 25.9 Å². The molecule has 1 saturated heterocycles. The summed E-state index contributed by atoms with van der Waals surface area (Å²) in [6, 6.07) is 2.12. The van der Waals surface area contributed by atoms with Crippen LogP contribution in [0.4, 0.5) is 5.69 Å². The number of carbonyl (C=O) groups is 1. The number of nitrogens with one attached hydrogen (secondary N) is 2. The molecule has 1 aliphatic rings. The molecule has 2 aromatic heterocycles. The van der Waals surface area contributed by atoms with E-state index >= 15 is 0 Å². The number of pyridine rings is 1. The average Bonchev–Trinajstić information content (AvgIpc) is 2.98. The number of hydrogen-bond acceptors (Lipinski definition) is 5. The minimum Gasteiger partial charge on any atom is -0.478 e. The number of piperidine rings is 1. The number of aromatic carboxylic acids is 1. The van der Waals surface area contributed by atoms with Crippen LogP contribution in [0.15, 0.2) is 18.5 Å². The predicted molar refractivity (Wildman–Crippen MR) is 92.6 cm³/mol. The quantitative estimate of drug-likeness (QED) is 0.747. The fraction of sp³-hybridized carbons (Fsp3) is 0.529. The molecule has 2 atom stereocenters. The molecule has 3 N–H and O–H groups in total. The van der Waals surface area contributed by atoms with Gasteiger partial charge >= 0.3 is 5.97 Å². The summed E-state index contributed by atoms with van der Waals surface area (Å²) in [5.41, 5.74) is 1.64. The van der Waals surface area contributed by atoms with Crippen LogP contribution in [0.5, 0.6) is 0 Å². The van der Waals surface area contributed by atoms with E-state index in [2.05, 4.69) is 22.5 Å². The van der Waals surface area contributed by atoms with Gasteiger partial charge in [-0.1, -0.05) is 6.92 Å². The lowest BCUT2D eigenvalue weighted by Crippen LogP contribution is -2.44. The van der Waals surface area contributed by atoms with Crippen LogP contribution in [0, 0.1) is 5.92 Å². The molecule has 0 aliphatic carbocycles. The molecule has 0 bridgehead atoms. The molecule has 2 aromatic rings. The highest BCUT2D eigenvalue weighted by Gasteiger charge is 2.24. The highest BCUT2D eigenvalue weighted by molar-refractivity contribution is 6.03. The van der Waals surface area contributed by atoms with Crippen LogP contribution in [-0.4, -0.2) is 53.5 Å². The molecule has 0 spiro atoms. The monoisotopic (exact) mass is 332 g/mol. The highest BCUT2D eigenvalue weighted by atomic mass is 16.5. The van der Waals surface area contributed by atoms with Gasteiger partial charge < -0.3 is 25.0 Å². The highest BCUT2D eigenvalue weighted by Crippen LogP contribution is 2.29. The van der Waals surface area contributed by atoms with Crippen molar-refractivity contribution in [2.24, 2.45) is 5.92 Å². The Morgan fingerprint density at radius 3 is 3.12 bits per heavy atom. The van der Waals surface area contributed by atoms with E-state index in [-0.39, 0.29) is 11.6 Å². The Kier molecular flexibility index (Phi) is 5.01. The summed E-state index contributed by atoms with van der Waals surface area (Å²) in [7, 11) is 1.66. The molecule has 0 amide bonds. The van der Waals surface area contributed by atoms with Gasteiger partial charge in [0.1, 0.15) is 11.2 Å². The molecule has 130 valence electrons. The van der Waals surface area contributed by atoms with E-state index in [1.807, 2.05) is 16.8 Å². The van der Waals surface area contributed by atoms with Gasteiger partial charge in [-0.05, 0) is 24.9 Å². The van der Waals surface area contributed by atoms with Crippen molar-refractivity contribution < 1.29 is 14.6 Å². The Bertz CT molecular complexity index is 728. The van der Waals surface area contributed by atoms with Crippen LogP contribution < -0.4 is 10.6 Å². The van der Waals surface area contributed by atoms with Crippen molar-refractivity contribution in [1.29, 1.82) is 0 Å². The fourth-order valence-electron chi connectivity index (χ4n) is 3.19. The minimum absolute atomic E-state index is 0.199. The van der Waals surface area contributed by atoms with E-state index in [1.165, 1.54) is 6.20 Å². The van der Waals surface area contributed by atoms with Gasteiger partial charge in [-0.25, -0.2) is 9.78 Å². The molecule has 3 rings (SSSR count). The van der Waals surface area contributed by atoms with Crippen molar-refractivity contribution in [1.82, 2.24) is 14.9 Å². The molecule has 1 aliphatic heterocycles. The van der Waals surface area contributed by atoms with E-state index in [1.54, 1.807) is 7.11 Å². The maximum atomic E-state index is 11.6. The van der Waals surface area contributed by atoms with Crippen LogP contribution in [0.2, 0.25) is 0 Å². The van der Waals surface area contributed by atoms with E-state index in [9.17, 15) is 9.90 Å². The number of fused-ring (bicyclic) bond motifs is 1. The van der Waals surface area contributed by atoms with Crippen LogP contribution in [0.1, 0.15) is 23.7 Å². The van der Waals surface area contributed by atoms with Crippen molar-refractivity contribution in [3.63, 3.8) is 0 Å². The molecule has 1 fully saturated rings. The normalized spacial score (nSPS) is 21.1. The van der Waals surface area contributed by atoms with Crippen molar-refractivity contribution in [3.05, 3.63) is 24.0 Å². The summed E-state index contributed by atoms with van der Waals surface area (Å²) in [5, 5.41) is 17.2. The number of methoxy groups -OCH3 is 1. The Balaban J connectivity index is 2.00.